The molecule has 0 radical (unpaired) electrons. The van der Waals surface area contributed by atoms with Crippen molar-refractivity contribution in [3.63, 3.8) is 0 Å². The number of methoxy groups -OCH3 is 2. The number of sulfonamides is 1. The van der Waals surface area contributed by atoms with Gasteiger partial charge in [-0.15, -0.1) is 10.2 Å². The zero-order chi connectivity index (χ0) is 13.6. The van der Waals surface area contributed by atoms with Crippen molar-refractivity contribution >= 4 is 10.0 Å². The molecule has 0 amide bonds. The highest BCUT2D eigenvalue weighted by Gasteiger charge is 2.20. The third-order valence-electron chi connectivity index (χ3n) is 2.32. The molecule has 0 aliphatic carbocycles. The Labute approximate surface area is 106 Å². The quantitative estimate of drug-likeness (QED) is 0.620. The van der Waals surface area contributed by atoms with Crippen LogP contribution in [-0.4, -0.2) is 50.6 Å². The van der Waals surface area contributed by atoms with E-state index in [1.165, 1.54) is 11.7 Å². The van der Waals surface area contributed by atoms with Gasteiger partial charge >= 0.3 is 0 Å². The Kier molecular flexibility index (Phi) is 5.66. The molecule has 0 spiro atoms. The maximum absolute atomic E-state index is 11.3. The van der Waals surface area contributed by atoms with E-state index in [1.54, 1.807) is 7.11 Å². The number of ether oxygens (including phenoxy) is 2. The van der Waals surface area contributed by atoms with Gasteiger partial charge in [0.25, 0.3) is 15.2 Å². The summed E-state index contributed by atoms with van der Waals surface area (Å²) in [4.78, 5) is 0. The average Bonchev–Trinajstić information content (AvgIpc) is 2.69. The Bertz CT molecular complexity index is 471. The Morgan fingerprint density at radius 2 is 1.89 bits per heavy atom. The van der Waals surface area contributed by atoms with Crippen molar-refractivity contribution in [2.24, 2.45) is 5.14 Å². The van der Waals surface area contributed by atoms with E-state index in [4.69, 9.17) is 14.6 Å². The van der Waals surface area contributed by atoms with E-state index in [2.05, 4.69) is 10.2 Å². The summed E-state index contributed by atoms with van der Waals surface area (Å²) in [5, 5.41) is 12.3. The monoisotopic (exact) mass is 278 g/mol. The Balaban J connectivity index is 2.92. The summed E-state index contributed by atoms with van der Waals surface area (Å²) < 4.78 is 34.0. The van der Waals surface area contributed by atoms with Crippen LogP contribution in [0.3, 0.4) is 0 Å². The highest BCUT2D eigenvalue weighted by atomic mass is 32.2. The first-order valence-electron chi connectivity index (χ1n) is 5.43. The molecule has 0 saturated heterocycles. The SMILES string of the molecule is COCCCc1nnc(S(N)(=O)=O)n1CCOC. The number of aryl methyl sites for hydroxylation is 1. The van der Waals surface area contributed by atoms with Crippen LogP contribution in [0.25, 0.3) is 0 Å². The van der Waals surface area contributed by atoms with Gasteiger partial charge in [-0.3, -0.25) is 4.57 Å². The minimum atomic E-state index is -3.87. The molecule has 2 N–H and O–H groups in total. The summed E-state index contributed by atoms with van der Waals surface area (Å²) in [6.45, 7) is 1.28. The zero-order valence-electron chi connectivity index (χ0n) is 10.5. The molecule has 0 bridgehead atoms. The minimum Gasteiger partial charge on any atom is -0.385 e. The number of aromatic nitrogens is 3. The van der Waals surface area contributed by atoms with Gasteiger partial charge < -0.3 is 9.47 Å². The summed E-state index contributed by atoms with van der Waals surface area (Å²) in [5.74, 6) is 0.563. The van der Waals surface area contributed by atoms with Gasteiger partial charge in [-0.1, -0.05) is 0 Å². The van der Waals surface area contributed by atoms with Crippen molar-refractivity contribution in [2.75, 3.05) is 27.4 Å². The van der Waals surface area contributed by atoms with Crippen LogP contribution in [0.2, 0.25) is 0 Å². The topological polar surface area (TPSA) is 109 Å². The van der Waals surface area contributed by atoms with Crippen molar-refractivity contribution in [2.45, 2.75) is 24.5 Å². The van der Waals surface area contributed by atoms with E-state index < -0.39 is 10.0 Å². The van der Waals surface area contributed by atoms with Crippen LogP contribution >= 0.6 is 0 Å². The number of primary sulfonamides is 1. The van der Waals surface area contributed by atoms with Crippen LogP contribution in [0, 0.1) is 0 Å². The summed E-state index contributed by atoms with van der Waals surface area (Å²) >= 11 is 0. The second kappa shape index (κ2) is 6.78. The Hall–Kier alpha value is -1.03. The number of rotatable bonds is 8. The van der Waals surface area contributed by atoms with Crippen molar-refractivity contribution in [1.82, 2.24) is 14.8 Å². The van der Waals surface area contributed by atoms with Gasteiger partial charge in [0.2, 0.25) is 0 Å². The molecule has 0 aromatic carbocycles. The third-order valence-corrected chi connectivity index (χ3v) is 3.13. The second-order valence-corrected chi connectivity index (χ2v) is 5.14. The average molecular weight is 278 g/mol. The molecule has 0 unspecified atom stereocenters. The van der Waals surface area contributed by atoms with Crippen LogP contribution in [0.15, 0.2) is 5.16 Å². The normalized spacial score (nSPS) is 11.9. The molecule has 9 heteroatoms. The van der Waals surface area contributed by atoms with Gasteiger partial charge in [0.1, 0.15) is 5.82 Å². The van der Waals surface area contributed by atoms with Crippen LogP contribution in [-0.2, 0) is 32.5 Å². The maximum Gasteiger partial charge on any atom is 0.273 e. The Morgan fingerprint density at radius 1 is 1.22 bits per heavy atom. The molecular formula is C9H18N4O4S. The first kappa shape index (κ1) is 15.0. The molecule has 18 heavy (non-hydrogen) atoms. The first-order chi connectivity index (χ1) is 8.50. The van der Waals surface area contributed by atoms with Crippen molar-refractivity contribution < 1.29 is 17.9 Å². The fraction of sp³-hybridized carbons (Fsp3) is 0.778. The molecule has 1 aromatic rings. The third kappa shape index (κ3) is 4.02. The van der Waals surface area contributed by atoms with Crippen LogP contribution < -0.4 is 5.14 Å². The highest BCUT2D eigenvalue weighted by molar-refractivity contribution is 7.89. The van der Waals surface area contributed by atoms with Crippen LogP contribution in [0.5, 0.6) is 0 Å². The van der Waals surface area contributed by atoms with E-state index in [1.807, 2.05) is 0 Å². The molecule has 0 aliphatic rings. The zero-order valence-corrected chi connectivity index (χ0v) is 11.3. The fourth-order valence-corrected chi connectivity index (χ4v) is 2.15. The predicted octanol–water partition coefficient (Wildman–Crippen LogP) is -0.849. The number of hydrogen-bond donors (Lipinski definition) is 1. The second-order valence-electron chi connectivity index (χ2n) is 3.68. The fourth-order valence-electron chi connectivity index (χ4n) is 1.50. The number of nitrogens with zero attached hydrogens (tertiary/aromatic N) is 3. The first-order valence-corrected chi connectivity index (χ1v) is 6.98. The largest absolute Gasteiger partial charge is 0.385 e. The minimum absolute atomic E-state index is 0.230. The number of nitrogens with two attached hydrogens (primary N) is 1. The van der Waals surface area contributed by atoms with E-state index in [0.717, 1.165) is 6.42 Å². The smallest absolute Gasteiger partial charge is 0.273 e. The molecule has 8 nitrogen and oxygen atoms in total. The van der Waals surface area contributed by atoms with Gasteiger partial charge in [-0.25, -0.2) is 13.6 Å². The van der Waals surface area contributed by atoms with Gasteiger partial charge in [0.15, 0.2) is 0 Å². The maximum atomic E-state index is 11.3. The van der Waals surface area contributed by atoms with Gasteiger partial charge in [-0.05, 0) is 6.42 Å². The van der Waals surface area contributed by atoms with Crippen molar-refractivity contribution in [3.8, 4) is 0 Å². The standard InChI is InChI=1S/C9H18N4O4S/c1-16-6-3-4-8-11-12-9(18(10,14)15)13(8)5-7-17-2/h3-7H2,1-2H3,(H2,10,14,15). The molecule has 0 atom stereocenters. The molecule has 0 saturated carbocycles. The molecule has 1 aromatic heterocycles. The molecule has 1 rings (SSSR count). The van der Waals surface area contributed by atoms with Crippen LogP contribution in [0.4, 0.5) is 0 Å². The van der Waals surface area contributed by atoms with Gasteiger partial charge in [0, 0.05) is 33.8 Å². The van der Waals surface area contributed by atoms with E-state index in [0.29, 0.717) is 32.0 Å². The van der Waals surface area contributed by atoms with Crippen molar-refractivity contribution in [3.05, 3.63) is 5.82 Å². The summed E-state index contributed by atoms with van der Waals surface area (Å²) in [6.07, 6.45) is 1.30. The predicted molar refractivity (Wildman–Crippen MR) is 63.5 cm³/mol. The summed E-state index contributed by atoms with van der Waals surface area (Å²) in [7, 11) is -0.735. The molecular weight excluding hydrogens is 260 g/mol. The highest BCUT2D eigenvalue weighted by Crippen LogP contribution is 2.09. The number of hydrogen-bond acceptors (Lipinski definition) is 6. The summed E-state index contributed by atoms with van der Waals surface area (Å²) in [6, 6.07) is 0. The lowest BCUT2D eigenvalue weighted by Gasteiger charge is -2.08. The Morgan fingerprint density at radius 3 is 2.44 bits per heavy atom. The van der Waals surface area contributed by atoms with E-state index in [-0.39, 0.29) is 5.16 Å². The molecule has 0 aliphatic heterocycles. The lowest BCUT2D eigenvalue weighted by molar-refractivity contribution is 0.181. The lowest BCUT2D eigenvalue weighted by atomic mass is 10.3. The van der Waals surface area contributed by atoms with E-state index >= 15 is 0 Å². The van der Waals surface area contributed by atoms with E-state index in [9.17, 15) is 8.42 Å². The molecule has 0 fully saturated rings. The van der Waals surface area contributed by atoms with Crippen molar-refractivity contribution in [1.29, 1.82) is 0 Å². The summed E-state index contributed by atoms with van der Waals surface area (Å²) in [5.41, 5.74) is 0. The van der Waals surface area contributed by atoms with Crippen LogP contribution in [0.1, 0.15) is 12.2 Å². The molecule has 104 valence electrons. The molecule has 1 heterocycles. The van der Waals surface area contributed by atoms with Gasteiger partial charge in [0.05, 0.1) is 6.61 Å². The lowest BCUT2D eigenvalue weighted by Crippen LogP contribution is -2.21. The van der Waals surface area contributed by atoms with Gasteiger partial charge in [-0.2, -0.15) is 0 Å².